The largest absolute Gasteiger partial charge is 0.493 e. The highest BCUT2D eigenvalue weighted by Crippen LogP contribution is 2.42. The molecule has 1 aliphatic rings. The standard InChI is InChI=1S/C11H13IO2/c1-13-10-4-7-3-8(6-12)9(7)5-11(10)14-2/h4-5,8H,3,6H2,1-2H3/t8-/m0/s1. The molecule has 0 saturated carbocycles. The molecule has 0 spiro atoms. The van der Waals surface area contributed by atoms with Crippen LogP contribution in [0.4, 0.5) is 0 Å². The van der Waals surface area contributed by atoms with Gasteiger partial charge in [0.05, 0.1) is 14.2 Å². The molecule has 0 unspecified atom stereocenters. The van der Waals surface area contributed by atoms with Crippen LogP contribution >= 0.6 is 22.6 Å². The van der Waals surface area contributed by atoms with Crippen molar-refractivity contribution >= 4 is 22.6 Å². The molecule has 0 saturated heterocycles. The fourth-order valence-electron chi connectivity index (χ4n) is 1.88. The van der Waals surface area contributed by atoms with Crippen molar-refractivity contribution in [2.75, 3.05) is 18.6 Å². The lowest BCUT2D eigenvalue weighted by Crippen LogP contribution is -2.18. The molecule has 0 N–H and O–H groups in total. The van der Waals surface area contributed by atoms with Gasteiger partial charge in [0, 0.05) is 4.43 Å². The summed E-state index contributed by atoms with van der Waals surface area (Å²) < 4.78 is 11.7. The molecule has 0 amide bonds. The first kappa shape index (κ1) is 10.1. The molecule has 0 aliphatic heterocycles. The lowest BCUT2D eigenvalue weighted by molar-refractivity contribution is 0.352. The number of hydrogen-bond acceptors (Lipinski definition) is 2. The maximum Gasteiger partial charge on any atom is 0.161 e. The van der Waals surface area contributed by atoms with Crippen molar-refractivity contribution in [2.45, 2.75) is 12.3 Å². The molecule has 0 bridgehead atoms. The van der Waals surface area contributed by atoms with Crippen molar-refractivity contribution in [3.63, 3.8) is 0 Å². The van der Waals surface area contributed by atoms with Gasteiger partial charge in [-0.3, -0.25) is 0 Å². The van der Waals surface area contributed by atoms with Gasteiger partial charge in [0.15, 0.2) is 11.5 Å². The minimum Gasteiger partial charge on any atom is -0.493 e. The van der Waals surface area contributed by atoms with Crippen LogP contribution in [-0.4, -0.2) is 18.6 Å². The number of benzene rings is 1. The van der Waals surface area contributed by atoms with Crippen molar-refractivity contribution < 1.29 is 9.47 Å². The van der Waals surface area contributed by atoms with Gasteiger partial charge in [-0.25, -0.2) is 0 Å². The zero-order valence-corrected chi connectivity index (χ0v) is 10.5. The van der Waals surface area contributed by atoms with Gasteiger partial charge in [-0.15, -0.1) is 0 Å². The number of alkyl halides is 1. The van der Waals surface area contributed by atoms with Crippen LogP contribution in [0, 0.1) is 0 Å². The summed E-state index contributed by atoms with van der Waals surface area (Å²) in [6.07, 6.45) is 1.18. The molecule has 0 heterocycles. The molecule has 1 aromatic carbocycles. The third kappa shape index (κ3) is 1.47. The Morgan fingerprint density at radius 3 is 2.50 bits per heavy atom. The van der Waals surface area contributed by atoms with Gasteiger partial charge in [0.25, 0.3) is 0 Å². The predicted molar refractivity (Wildman–Crippen MR) is 64.9 cm³/mol. The summed E-state index contributed by atoms with van der Waals surface area (Å²) in [5.41, 5.74) is 2.83. The Balaban J connectivity index is 2.38. The summed E-state index contributed by atoms with van der Waals surface area (Å²) in [4.78, 5) is 0. The van der Waals surface area contributed by atoms with E-state index in [0.29, 0.717) is 5.92 Å². The molecule has 76 valence electrons. The maximum absolute atomic E-state index is 5.27. The highest BCUT2D eigenvalue weighted by atomic mass is 127. The number of ether oxygens (including phenoxy) is 2. The molecule has 0 aromatic heterocycles. The van der Waals surface area contributed by atoms with Gasteiger partial charge in [-0.2, -0.15) is 0 Å². The second kappa shape index (κ2) is 3.96. The van der Waals surface area contributed by atoms with Crippen LogP contribution in [-0.2, 0) is 6.42 Å². The van der Waals surface area contributed by atoms with E-state index in [9.17, 15) is 0 Å². The van der Waals surface area contributed by atoms with Crippen molar-refractivity contribution in [3.8, 4) is 11.5 Å². The molecule has 1 aromatic rings. The highest BCUT2D eigenvalue weighted by Gasteiger charge is 2.27. The number of hydrogen-bond donors (Lipinski definition) is 0. The summed E-state index contributed by atoms with van der Waals surface area (Å²) >= 11 is 2.43. The first-order valence-electron chi connectivity index (χ1n) is 4.61. The van der Waals surface area contributed by atoms with Gasteiger partial charge in [-0.1, -0.05) is 22.6 Å². The maximum atomic E-state index is 5.27. The van der Waals surface area contributed by atoms with Gasteiger partial charge in [0.1, 0.15) is 0 Å². The van der Waals surface area contributed by atoms with Crippen molar-refractivity contribution in [2.24, 2.45) is 0 Å². The van der Waals surface area contributed by atoms with E-state index < -0.39 is 0 Å². The number of rotatable bonds is 3. The SMILES string of the molecule is COc1cc2c(cc1OC)[C@H](CI)C2. The average Bonchev–Trinajstić information content (AvgIpc) is 2.20. The molecule has 0 radical (unpaired) electrons. The molecule has 14 heavy (non-hydrogen) atoms. The Hall–Kier alpha value is -0.450. The molecule has 2 nitrogen and oxygen atoms in total. The molecule has 3 heteroatoms. The van der Waals surface area contributed by atoms with Crippen molar-refractivity contribution in [1.82, 2.24) is 0 Å². The van der Waals surface area contributed by atoms with E-state index in [4.69, 9.17) is 9.47 Å². The fraction of sp³-hybridized carbons (Fsp3) is 0.455. The van der Waals surface area contributed by atoms with E-state index in [-0.39, 0.29) is 0 Å². The van der Waals surface area contributed by atoms with Crippen LogP contribution in [0.5, 0.6) is 11.5 Å². The molecular formula is C11H13IO2. The summed E-state index contributed by atoms with van der Waals surface area (Å²) in [6, 6.07) is 4.21. The zero-order valence-electron chi connectivity index (χ0n) is 8.34. The summed E-state index contributed by atoms with van der Waals surface area (Å²) in [6.45, 7) is 0. The first-order chi connectivity index (χ1) is 6.80. The molecule has 2 rings (SSSR count). The van der Waals surface area contributed by atoms with E-state index in [1.165, 1.54) is 22.0 Å². The zero-order chi connectivity index (χ0) is 10.1. The number of fused-ring (bicyclic) bond motifs is 1. The van der Waals surface area contributed by atoms with Crippen LogP contribution in [0.25, 0.3) is 0 Å². The quantitative estimate of drug-likeness (QED) is 0.631. The second-order valence-corrected chi connectivity index (χ2v) is 4.34. The van der Waals surface area contributed by atoms with Crippen LogP contribution in [0.15, 0.2) is 12.1 Å². The molecule has 1 aliphatic carbocycles. The second-order valence-electron chi connectivity index (χ2n) is 3.46. The lowest BCUT2D eigenvalue weighted by Gasteiger charge is -2.29. The summed E-state index contributed by atoms with van der Waals surface area (Å²) in [7, 11) is 3.36. The minimum absolute atomic E-state index is 0.713. The normalized spacial score (nSPS) is 18.4. The Kier molecular flexibility index (Phi) is 2.85. The summed E-state index contributed by atoms with van der Waals surface area (Å²) in [5, 5.41) is 0. The Bertz CT molecular complexity index is 349. The smallest absolute Gasteiger partial charge is 0.161 e. The highest BCUT2D eigenvalue weighted by molar-refractivity contribution is 14.1. The monoisotopic (exact) mass is 304 g/mol. The van der Waals surface area contributed by atoms with E-state index in [0.717, 1.165) is 11.5 Å². The molecular weight excluding hydrogens is 291 g/mol. The molecule has 1 atom stereocenters. The Labute approximate surface area is 97.7 Å². The van der Waals surface area contributed by atoms with Gasteiger partial charge < -0.3 is 9.47 Å². The third-order valence-corrected chi connectivity index (χ3v) is 3.80. The van der Waals surface area contributed by atoms with Gasteiger partial charge in [-0.05, 0) is 35.6 Å². The van der Waals surface area contributed by atoms with E-state index in [1.54, 1.807) is 14.2 Å². The third-order valence-electron chi connectivity index (χ3n) is 2.74. The predicted octanol–water partition coefficient (Wildman–Crippen LogP) is 2.78. The van der Waals surface area contributed by atoms with Crippen LogP contribution in [0.2, 0.25) is 0 Å². The van der Waals surface area contributed by atoms with Gasteiger partial charge >= 0.3 is 0 Å². The number of halogens is 1. The van der Waals surface area contributed by atoms with Crippen molar-refractivity contribution in [3.05, 3.63) is 23.3 Å². The van der Waals surface area contributed by atoms with Crippen LogP contribution in [0.3, 0.4) is 0 Å². The fourth-order valence-corrected chi connectivity index (χ4v) is 2.66. The lowest BCUT2D eigenvalue weighted by atomic mass is 9.78. The first-order valence-corrected chi connectivity index (χ1v) is 6.13. The average molecular weight is 304 g/mol. The minimum atomic E-state index is 0.713. The van der Waals surface area contributed by atoms with E-state index in [1.807, 2.05) is 0 Å². The van der Waals surface area contributed by atoms with Gasteiger partial charge in [0.2, 0.25) is 0 Å². The molecule has 0 fully saturated rings. The Morgan fingerprint density at radius 2 is 1.93 bits per heavy atom. The van der Waals surface area contributed by atoms with Crippen molar-refractivity contribution in [1.29, 1.82) is 0 Å². The topological polar surface area (TPSA) is 18.5 Å². The van der Waals surface area contributed by atoms with E-state index >= 15 is 0 Å². The van der Waals surface area contributed by atoms with Crippen LogP contribution in [0.1, 0.15) is 17.0 Å². The summed E-state index contributed by atoms with van der Waals surface area (Å²) in [5.74, 6) is 2.41. The van der Waals surface area contributed by atoms with Crippen LogP contribution < -0.4 is 9.47 Å². The number of methoxy groups -OCH3 is 2. The Morgan fingerprint density at radius 1 is 1.29 bits per heavy atom. The van der Waals surface area contributed by atoms with E-state index in [2.05, 4.69) is 34.7 Å².